The number of nitrogens with zero attached hydrogens (tertiary/aromatic N) is 2. The van der Waals surface area contributed by atoms with E-state index in [1.165, 1.54) is 6.07 Å². The van der Waals surface area contributed by atoms with Gasteiger partial charge in [0.05, 0.1) is 18.9 Å². The molecule has 3 aliphatic rings. The molecule has 152 valence electrons. The Bertz CT molecular complexity index is 751. The summed E-state index contributed by atoms with van der Waals surface area (Å²) < 4.78 is 19.8. The van der Waals surface area contributed by atoms with Gasteiger partial charge in [0, 0.05) is 44.8 Å². The van der Waals surface area contributed by atoms with E-state index in [2.05, 4.69) is 15.5 Å². The fourth-order valence-electron chi connectivity index (χ4n) is 4.24. The molecule has 0 bridgehead atoms. The van der Waals surface area contributed by atoms with Crippen LogP contribution in [0, 0.1) is 11.7 Å². The largest absolute Gasteiger partial charge is 0.379 e. The minimum Gasteiger partial charge on any atom is -0.379 e. The van der Waals surface area contributed by atoms with Crippen molar-refractivity contribution in [3.05, 3.63) is 23.5 Å². The van der Waals surface area contributed by atoms with Gasteiger partial charge in [-0.05, 0) is 42.9 Å². The zero-order chi connectivity index (χ0) is 19.5. The lowest BCUT2D eigenvalue weighted by molar-refractivity contribution is -0.116. The zero-order valence-corrected chi connectivity index (χ0v) is 16.0. The summed E-state index contributed by atoms with van der Waals surface area (Å²) >= 11 is 0. The van der Waals surface area contributed by atoms with E-state index in [0.29, 0.717) is 37.5 Å². The second kappa shape index (κ2) is 8.45. The first kappa shape index (κ1) is 19.1. The molecule has 2 fully saturated rings. The summed E-state index contributed by atoms with van der Waals surface area (Å²) in [5, 5.41) is 5.40. The zero-order valence-electron chi connectivity index (χ0n) is 16.0. The highest BCUT2D eigenvalue weighted by atomic mass is 19.1. The Morgan fingerprint density at radius 3 is 2.89 bits per heavy atom. The van der Waals surface area contributed by atoms with Crippen molar-refractivity contribution >= 4 is 23.3 Å². The van der Waals surface area contributed by atoms with Gasteiger partial charge in [-0.2, -0.15) is 0 Å². The normalized spacial score (nSPS) is 23.1. The van der Waals surface area contributed by atoms with E-state index in [1.807, 2.05) is 0 Å². The Hall–Kier alpha value is -2.19. The highest BCUT2D eigenvalue weighted by Crippen LogP contribution is 2.29. The number of morpholine rings is 1. The molecule has 4 rings (SSSR count). The molecule has 0 saturated carbocycles. The molecule has 2 saturated heterocycles. The number of benzene rings is 1. The molecule has 0 aromatic heterocycles. The number of fused-ring (bicyclic) bond motifs is 1. The Morgan fingerprint density at radius 2 is 2.07 bits per heavy atom. The van der Waals surface area contributed by atoms with Crippen molar-refractivity contribution in [2.45, 2.75) is 25.7 Å². The first-order valence-corrected chi connectivity index (χ1v) is 10.1. The Balaban J connectivity index is 1.37. The standard InChI is InChI=1S/C20H27FN4O3/c21-16-11-17-15(3-4-19(26)22-17)10-18(16)23-20(27)25-5-1-2-14(13-25)12-24-6-8-28-9-7-24/h10-11,14H,1-9,12-13H2,(H,22,26)(H,23,27)/t14-/m1/s1. The molecule has 2 N–H and O–H groups in total. The summed E-state index contributed by atoms with van der Waals surface area (Å²) in [6.07, 6.45) is 2.99. The maximum Gasteiger partial charge on any atom is 0.321 e. The summed E-state index contributed by atoms with van der Waals surface area (Å²) in [5.41, 5.74) is 1.52. The highest BCUT2D eigenvalue weighted by molar-refractivity contribution is 5.95. The maximum absolute atomic E-state index is 14.4. The number of urea groups is 1. The third-order valence-corrected chi connectivity index (χ3v) is 5.76. The molecule has 0 unspecified atom stereocenters. The van der Waals surface area contributed by atoms with E-state index in [-0.39, 0.29) is 17.6 Å². The van der Waals surface area contributed by atoms with Gasteiger partial charge in [-0.15, -0.1) is 0 Å². The number of nitrogens with one attached hydrogen (secondary N) is 2. The smallest absolute Gasteiger partial charge is 0.321 e. The number of rotatable bonds is 3. The van der Waals surface area contributed by atoms with E-state index in [1.54, 1.807) is 11.0 Å². The number of carbonyl (C=O) groups is 2. The van der Waals surface area contributed by atoms with Gasteiger partial charge in [0.1, 0.15) is 5.82 Å². The van der Waals surface area contributed by atoms with Crippen LogP contribution >= 0.6 is 0 Å². The number of halogens is 1. The monoisotopic (exact) mass is 390 g/mol. The number of likely N-dealkylation sites (tertiary alicyclic amines) is 1. The summed E-state index contributed by atoms with van der Waals surface area (Å²) in [4.78, 5) is 28.4. The van der Waals surface area contributed by atoms with E-state index < -0.39 is 5.82 Å². The van der Waals surface area contributed by atoms with Crippen LogP contribution in [0.4, 0.5) is 20.6 Å². The van der Waals surface area contributed by atoms with Crippen molar-refractivity contribution in [1.29, 1.82) is 0 Å². The maximum atomic E-state index is 14.4. The number of piperidine rings is 1. The molecule has 1 atom stereocenters. The third kappa shape index (κ3) is 4.44. The molecule has 3 heterocycles. The van der Waals surface area contributed by atoms with Gasteiger partial charge >= 0.3 is 6.03 Å². The van der Waals surface area contributed by atoms with E-state index >= 15 is 0 Å². The lowest BCUT2D eigenvalue weighted by Gasteiger charge is -2.36. The first-order chi connectivity index (χ1) is 13.6. The minimum absolute atomic E-state index is 0.108. The number of carbonyl (C=O) groups excluding carboxylic acids is 2. The van der Waals surface area contributed by atoms with Crippen LogP contribution in [0.5, 0.6) is 0 Å². The van der Waals surface area contributed by atoms with Crippen LogP contribution in [-0.2, 0) is 16.0 Å². The van der Waals surface area contributed by atoms with Crippen molar-refractivity contribution in [2.75, 3.05) is 56.6 Å². The quantitative estimate of drug-likeness (QED) is 0.831. The molecule has 28 heavy (non-hydrogen) atoms. The van der Waals surface area contributed by atoms with Gasteiger partial charge in [0.2, 0.25) is 5.91 Å². The van der Waals surface area contributed by atoms with Crippen LogP contribution in [0.2, 0.25) is 0 Å². The molecule has 1 aromatic rings. The fraction of sp³-hybridized carbons (Fsp3) is 0.600. The summed E-state index contributed by atoms with van der Waals surface area (Å²) in [5.74, 6) is -0.208. The van der Waals surface area contributed by atoms with Crippen molar-refractivity contribution < 1.29 is 18.7 Å². The molecule has 8 heteroatoms. The molecule has 0 aliphatic carbocycles. The number of amides is 3. The predicted molar refractivity (Wildman–Crippen MR) is 104 cm³/mol. The van der Waals surface area contributed by atoms with Crippen LogP contribution in [-0.4, -0.2) is 67.7 Å². The molecular weight excluding hydrogens is 363 g/mol. The van der Waals surface area contributed by atoms with E-state index in [4.69, 9.17) is 4.74 Å². The highest BCUT2D eigenvalue weighted by Gasteiger charge is 2.27. The van der Waals surface area contributed by atoms with Gasteiger partial charge < -0.3 is 20.3 Å². The predicted octanol–water partition coefficient (Wildman–Crippen LogP) is 2.29. The van der Waals surface area contributed by atoms with Crippen LogP contribution in [0.1, 0.15) is 24.8 Å². The number of hydrogen-bond donors (Lipinski definition) is 2. The van der Waals surface area contributed by atoms with Crippen LogP contribution in [0.3, 0.4) is 0 Å². The van der Waals surface area contributed by atoms with Gasteiger partial charge in [-0.3, -0.25) is 9.69 Å². The van der Waals surface area contributed by atoms with Crippen molar-refractivity contribution in [1.82, 2.24) is 9.80 Å². The van der Waals surface area contributed by atoms with Crippen LogP contribution in [0.15, 0.2) is 12.1 Å². The average Bonchev–Trinajstić information content (AvgIpc) is 2.70. The van der Waals surface area contributed by atoms with Gasteiger partial charge in [-0.25, -0.2) is 9.18 Å². The molecule has 3 amide bonds. The van der Waals surface area contributed by atoms with Gasteiger partial charge in [-0.1, -0.05) is 0 Å². The SMILES string of the molecule is O=C1CCc2cc(NC(=O)N3CCC[C@H](CN4CCOCC4)C3)c(F)cc2N1. The molecule has 1 aromatic carbocycles. The summed E-state index contributed by atoms with van der Waals surface area (Å²) in [6, 6.07) is 2.67. The van der Waals surface area contributed by atoms with Crippen molar-refractivity contribution in [3.63, 3.8) is 0 Å². The lowest BCUT2D eigenvalue weighted by atomic mass is 9.97. The second-order valence-electron chi connectivity index (χ2n) is 7.83. The van der Waals surface area contributed by atoms with Gasteiger partial charge in [0.15, 0.2) is 0 Å². The van der Waals surface area contributed by atoms with Gasteiger partial charge in [0.25, 0.3) is 0 Å². The first-order valence-electron chi connectivity index (χ1n) is 10.1. The van der Waals surface area contributed by atoms with E-state index in [0.717, 1.165) is 51.3 Å². The minimum atomic E-state index is -0.531. The number of anilines is 2. The topological polar surface area (TPSA) is 73.9 Å². The van der Waals surface area contributed by atoms with Crippen LogP contribution in [0.25, 0.3) is 0 Å². The number of hydrogen-bond acceptors (Lipinski definition) is 4. The number of ether oxygens (including phenoxy) is 1. The molecule has 3 aliphatic heterocycles. The Morgan fingerprint density at radius 1 is 1.25 bits per heavy atom. The Kier molecular flexibility index (Phi) is 5.77. The average molecular weight is 390 g/mol. The van der Waals surface area contributed by atoms with Crippen molar-refractivity contribution in [3.8, 4) is 0 Å². The van der Waals surface area contributed by atoms with E-state index in [9.17, 15) is 14.0 Å². The molecule has 0 spiro atoms. The third-order valence-electron chi connectivity index (χ3n) is 5.76. The lowest BCUT2D eigenvalue weighted by Crippen LogP contribution is -2.47. The van der Waals surface area contributed by atoms with Crippen molar-refractivity contribution in [2.24, 2.45) is 5.92 Å². The molecule has 7 nitrogen and oxygen atoms in total. The fourth-order valence-corrected chi connectivity index (χ4v) is 4.24. The summed E-state index contributed by atoms with van der Waals surface area (Å²) in [7, 11) is 0. The van der Waals surface area contributed by atoms with Crippen LogP contribution < -0.4 is 10.6 Å². The Labute approximate surface area is 164 Å². The summed E-state index contributed by atoms with van der Waals surface area (Å²) in [6.45, 7) is 5.78. The second-order valence-corrected chi connectivity index (χ2v) is 7.83. The molecular formula is C20H27FN4O3. The molecule has 0 radical (unpaired) electrons. The number of aryl methyl sites for hydroxylation is 1.